The minimum absolute atomic E-state index is 0.167. The van der Waals surface area contributed by atoms with Gasteiger partial charge in [-0.05, 0) is 36.8 Å². The number of ether oxygens (including phenoxy) is 1. The second-order valence-electron chi connectivity index (χ2n) is 4.92. The first-order valence-electron chi connectivity index (χ1n) is 7.05. The van der Waals surface area contributed by atoms with Crippen molar-refractivity contribution in [2.45, 2.75) is 13.0 Å². The number of nitrogens with zero attached hydrogens (tertiary/aromatic N) is 2. The summed E-state index contributed by atoms with van der Waals surface area (Å²) in [4.78, 5) is 12.0. The van der Waals surface area contributed by atoms with Gasteiger partial charge in [-0.2, -0.15) is 10.5 Å². The quantitative estimate of drug-likeness (QED) is 0.920. The number of hydrogen-bond donors (Lipinski definition) is 1. The van der Waals surface area contributed by atoms with Crippen molar-refractivity contribution in [2.75, 3.05) is 6.61 Å². The molecule has 0 aliphatic carbocycles. The van der Waals surface area contributed by atoms with E-state index in [0.29, 0.717) is 16.9 Å². The summed E-state index contributed by atoms with van der Waals surface area (Å²) in [5.74, 6) is 0.103. The van der Waals surface area contributed by atoms with Gasteiger partial charge in [-0.25, -0.2) is 0 Å². The highest BCUT2D eigenvalue weighted by atomic mass is 16.5. The topological polar surface area (TPSA) is 85.9 Å². The first-order valence-corrected chi connectivity index (χ1v) is 7.05. The molecule has 0 heterocycles. The van der Waals surface area contributed by atoms with Crippen LogP contribution in [0.1, 0.15) is 29.7 Å². The van der Waals surface area contributed by atoms with Crippen LogP contribution in [0.4, 0.5) is 0 Å². The van der Waals surface area contributed by atoms with Crippen LogP contribution in [-0.4, -0.2) is 12.5 Å². The van der Waals surface area contributed by atoms with Crippen LogP contribution < -0.4 is 10.1 Å². The summed E-state index contributed by atoms with van der Waals surface area (Å²) in [6, 6.07) is 17.6. The lowest BCUT2D eigenvalue weighted by Gasteiger charge is -2.15. The first-order chi connectivity index (χ1) is 11.1. The molecule has 0 aromatic heterocycles. The van der Waals surface area contributed by atoms with Crippen molar-refractivity contribution in [3.63, 3.8) is 0 Å². The Morgan fingerprint density at radius 3 is 2.48 bits per heavy atom. The molecule has 23 heavy (non-hydrogen) atoms. The Bertz CT molecular complexity index is 770. The largest absolute Gasteiger partial charge is 0.482 e. The summed E-state index contributed by atoms with van der Waals surface area (Å²) in [5, 5.41) is 20.6. The molecule has 2 rings (SSSR count). The molecular weight excluding hydrogens is 290 g/mol. The number of rotatable bonds is 5. The van der Waals surface area contributed by atoms with E-state index in [1.807, 2.05) is 19.1 Å². The first kappa shape index (κ1) is 16.1. The van der Waals surface area contributed by atoms with E-state index in [1.54, 1.807) is 48.5 Å². The number of amides is 1. The van der Waals surface area contributed by atoms with E-state index in [0.717, 1.165) is 5.56 Å². The smallest absolute Gasteiger partial charge is 0.258 e. The van der Waals surface area contributed by atoms with E-state index in [1.165, 1.54) is 0 Å². The lowest BCUT2D eigenvalue weighted by atomic mass is 10.1. The monoisotopic (exact) mass is 305 g/mol. The maximum atomic E-state index is 12.0. The molecule has 0 fully saturated rings. The zero-order valence-electron chi connectivity index (χ0n) is 12.6. The van der Waals surface area contributed by atoms with Crippen molar-refractivity contribution in [2.24, 2.45) is 0 Å². The maximum Gasteiger partial charge on any atom is 0.258 e. The third kappa shape index (κ3) is 4.33. The van der Waals surface area contributed by atoms with Crippen molar-refractivity contribution in [1.82, 2.24) is 5.32 Å². The normalized spacial score (nSPS) is 10.9. The molecule has 0 spiro atoms. The molecule has 0 saturated carbocycles. The Morgan fingerprint density at radius 1 is 1.13 bits per heavy atom. The molecule has 1 amide bonds. The average Bonchev–Trinajstić information content (AvgIpc) is 2.60. The number of hydrogen-bond acceptors (Lipinski definition) is 4. The summed E-state index contributed by atoms with van der Waals surface area (Å²) in [6.45, 7) is 1.68. The average molecular weight is 305 g/mol. The molecule has 1 N–H and O–H groups in total. The second kappa shape index (κ2) is 7.63. The van der Waals surface area contributed by atoms with Crippen molar-refractivity contribution >= 4 is 5.91 Å². The molecular formula is C18H15N3O2. The van der Waals surface area contributed by atoms with E-state index >= 15 is 0 Å². The third-order valence-electron chi connectivity index (χ3n) is 3.28. The fraction of sp³-hybridized carbons (Fsp3) is 0.167. The molecule has 0 aliphatic heterocycles. The van der Waals surface area contributed by atoms with E-state index < -0.39 is 0 Å². The molecule has 1 atom stereocenters. The van der Waals surface area contributed by atoms with Gasteiger partial charge in [0.05, 0.1) is 23.2 Å². The molecule has 5 nitrogen and oxygen atoms in total. The lowest BCUT2D eigenvalue weighted by molar-refractivity contribution is -0.123. The highest BCUT2D eigenvalue weighted by Gasteiger charge is 2.11. The minimum Gasteiger partial charge on any atom is -0.482 e. The van der Waals surface area contributed by atoms with E-state index in [9.17, 15) is 4.79 Å². The summed E-state index contributed by atoms with van der Waals surface area (Å²) in [7, 11) is 0. The van der Waals surface area contributed by atoms with Crippen LogP contribution in [0.3, 0.4) is 0 Å². The zero-order valence-corrected chi connectivity index (χ0v) is 12.6. The van der Waals surface area contributed by atoms with Crippen LogP contribution in [-0.2, 0) is 4.79 Å². The van der Waals surface area contributed by atoms with Crippen LogP contribution in [0.15, 0.2) is 48.5 Å². The van der Waals surface area contributed by atoms with Crippen molar-refractivity contribution < 1.29 is 9.53 Å². The number of benzene rings is 2. The Morgan fingerprint density at radius 2 is 1.83 bits per heavy atom. The van der Waals surface area contributed by atoms with Gasteiger partial charge in [0.1, 0.15) is 11.8 Å². The summed E-state index contributed by atoms with van der Waals surface area (Å²) >= 11 is 0. The molecule has 1 unspecified atom stereocenters. The summed E-state index contributed by atoms with van der Waals surface area (Å²) < 4.78 is 5.39. The molecule has 114 valence electrons. The van der Waals surface area contributed by atoms with Crippen LogP contribution in [0.2, 0.25) is 0 Å². The maximum absolute atomic E-state index is 12.0. The van der Waals surface area contributed by atoms with E-state index in [4.69, 9.17) is 15.3 Å². The fourth-order valence-corrected chi connectivity index (χ4v) is 2.04. The number of nitrogens with one attached hydrogen (secondary N) is 1. The Balaban J connectivity index is 1.91. The SMILES string of the molecule is CC(NC(=O)COc1ccccc1C#N)c1ccc(C#N)cc1. The van der Waals surface area contributed by atoms with E-state index in [-0.39, 0.29) is 18.6 Å². The highest BCUT2D eigenvalue weighted by Crippen LogP contribution is 2.17. The Labute approximate surface area is 134 Å². The molecule has 0 bridgehead atoms. The van der Waals surface area contributed by atoms with Crippen molar-refractivity contribution in [1.29, 1.82) is 10.5 Å². The van der Waals surface area contributed by atoms with Crippen LogP contribution in [0, 0.1) is 22.7 Å². The summed E-state index contributed by atoms with van der Waals surface area (Å²) in [5.41, 5.74) is 1.86. The number of carbonyl (C=O) groups is 1. The van der Waals surface area contributed by atoms with Gasteiger partial charge in [-0.3, -0.25) is 4.79 Å². The van der Waals surface area contributed by atoms with E-state index in [2.05, 4.69) is 5.32 Å². The van der Waals surface area contributed by atoms with Crippen LogP contribution in [0.5, 0.6) is 5.75 Å². The predicted octanol–water partition coefficient (Wildman–Crippen LogP) is 2.69. The molecule has 0 saturated heterocycles. The number of para-hydroxylation sites is 1. The summed E-state index contributed by atoms with van der Waals surface area (Å²) in [6.07, 6.45) is 0. The van der Waals surface area contributed by atoms with Crippen LogP contribution >= 0.6 is 0 Å². The van der Waals surface area contributed by atoms with Gasteiger partial charge < -0.3 is 10.1 Å². The molecule has 0 radical (unpaired) electrons. The van der Waals surface area contributed by atoms with Crippen LogP contribution in [0.25, 0.3) is 0 Å². The number of nitriles is 2. The number of carbonyl (C=O) groups excluding carboxylic acids is 1. The molecule has 2 aromatic rings. The standard InChI is InChI=1S/C18H15N3O2/c1-13(15-8-6-14(10-19)7-9-15)21-18(22)12-23-17-5-3-2-4-16(17)11-20/h2-9,13H,12H2,1H3,(H,21,22). The second-order valence-corrected chi connectivity index (χ2v) is 4.92. The predicted molar refractivity (Wildman–Crippen MR) is 84.4 cm³/mol. The van der Waals surface area contributed by atoms with Gasteiger partial charge in [0.15, 0.2) is 6.61 Å². The Hall–Kier alpha value is -3.31. The van der Waals surface area contributed by atoms with Crippen molar-refractivity contribution in [3.05, 3.63) is 65.2 Å². The minimum atomic E-state index is -0.283. The fourth-order valence-electron chi connectivity index (χ4n) is 2.04. The van der Waals surface area contributed by atoms with Gasteiger partial charge >= 0.3 is 0 Å². The third-order valence-corrected chi connectivity index (χ3v) is 3.28. The molecule has 0 aliphatic rings. The van der Waals surface area contributed by atoms with Crippen molar-refractivity contribution in [3.8, 4) is 17.9 Å². The lowest BCUT2D eigenvalue weighted by Crippen LogP contribution is -2.31. The van der Waals surface area contributed by atoms with Gasteiger partial charge in [0.25, 0.3) is 5.91 Å². The zero-order chi connectivity index (χ0) is 16.7. The molecule has 2 aromatic carbocycles. The highest BCUT2D eigenvalue weighted by molar-refractivity contribution is 5.78. The van der Waals surface area contributed by atoms with Gasteiger partial charge in [-0.1, -0.05) is 24.3 Å². The Kier molecular flexibility index (Phi) is 5.33. The molecule has 5 heteroatoms. The van der Waals surface area contributed by atoms with Gasteiger partial charge in [0.2, 0.25) is 0 Å². The van der Waals surface area contributed by atoms with Gasteiger partial charge in [0, 0.05) is 0 Å². The van der Waals surface area contributed by atoms with Gasteiger partial charge in [-0.15, -0.1) is 0 Å².